The topological polar surface area (TPSA) is 62.8 Å². The first kappa shape index (κ1) is 17.0. The summed E-state index contributed by atoms with van der Waals surface area (Å²) in [7, 11) is 1.52. The van der Waals surface area contributed by atoms with Crippen LogP contribution in [0.15, 0.2) is 60.5 Å². The fourth-order valence-corrected chi connectivity index (χ4v) is 2.52. The summed E-state index contributed by atoms with van der Waals surface area (Å²) in [4.78, 5) is 0. The quantitative estimate of drug-likeness (QED) is 0.736. The number of rotatable bonds is 6. The van der Waals surface area contributed by atoms with E-state index in [1.807, 2.05) is 36.4 Å². The zero-order valence-corrected chi connectivity index (χ0v) is 14.5. The number of nitrogens with one attached hydrogen (secondary N) is 2. The normalized spacial score (nSPS) is 13.2. The second kappa shape index (κ2) is 7.85. The van der Waals surface area contributed by atoms with Gasteiger partial charge in [0.25, 0.3) is 0 Å². The highest BCUT2D eigenvalue weighted by atomic mass is 35.5. The van der Waals surface area contributed by atoms with Crippen LogP contribution in [0.1, 0.15) is 11.1 Å². The molecule has 0 saturated carbocycles. The predicted octanol–water partition coefficient (Wildman–Crippen LogP) is 3.60. The number of allylic oxidation sites excluding steroid dienone is 2. The van der Waals surface area contributed by atoms with Gasteiger partial charge < -0.3 is 14.6 Å². The predicted molar refractivity (Wildman–Crippen MR) is 98.1 cm³/mol. The summed E-state index contributed by atoms with van der Waals surface area (Å²) >= 11 is 5.87. The Morgan fingerprint density at radius 3 is 2.52 bits per heavy atom. The molecule has 1 aliphatic rings. The first-order valence-corrected chi connectivity index (χ1v) is 8.22. The summed E-state index contributed by atoms with van der Waals surface area (Å²) < 4.78 is 10.8. The van der Waals surface area contributed by atoms with Crippen LogP contribution >= 0.6 is 11.6 Å². The Kier molecular flexibility index (Phi) is 5.36. The van der Waals surface area contributed by atoms with Crippen LogP contribution in [0.2, 0.25) is 5.02 Å². The number of hydrazine groups is 1. The lowest BCUT2D eigenvalue weighted by Gasteiger charge is -2.20. The number of hydrogen-bond donors (Lipinski definition) is 3. The Morgan fingerprint density at radius 2 is 1.84 bits per heavy atom. The molecule has 0 aliphatic carbocycles. The molecule has 6 heteroatoms. The first-order chi connectivity index (χ1) is 12.2. The largest absolute Gasteiger partial charge is 0.504 e. The lowest BCUT2D eigenvalue weighted by molar-refractivity contribution is 0.188. The summed E-state index contributed by atoms with van der Waals surface area (Å²) in [6.45, 7) is 0.554. The SMILES string of the molecule is COc1cc(C2=CC=C(OCCc3ccc(Cl)cc3)NN2)ccc1O. The van der Waals surface area contributed by atoms with Crippen LogP contribution in [-0.4, -0.2) is 18.8 Å². The monoisotopic (exact) mass is 358 g/mol. The summed E-state index contributed by atoms with van der Waals surface area (Å²) in [6.07, 6.45) is 4.55. The van der Waals surface area contributed by atoms with Crippen LogP contribution < -0.4 is 15.6 Å². The maximum atomic E-state index is 9.66. The average Bonchev–Trinajstić information content (AvgIpc) is 2.64. The molecule has 0 spiro atoms. The molecule has 3 N–H and O–H groups in total. The van der Waals surface area contributed by atoms with E-state index in [0.717, 1.165) is 22.7 Å². The van der Waals surface area contributed by atoms with Crippen molar-refractivity contribution in [2.75, 3.05) is 13.7 Å². The third-order valence-corrected chi connectivity index (χ3v) is 4.03. The van der Waals surface area contributed by atoms with E-state index in [4.69, 9.17) is 21.1 Å². The highest BCUT2D eigenvalue weighted by Gasteiger charge is 2.10. The Bertz CT molecular complexity index is 801. The zero-order valence-electron chi connectivity index (χ0n) is 13.8. The van der Waals surface area contributed by atoms with Crippen molar-refractivity contribution < 1.29 is 14.6 Å². The zero-order chi connectivity index (χ0) is 17.6. The molecular weight excluding hydrogens is 340 g/mol. The average molecular weight is 359 g/mol. The van der Waals surface area contributed by atoms with Gasteiger partial charge in [-0.3, -0.25) is 10.9 Å². The van der Waals surface area contributed by atoms with E-state index >= 15 is 0 Å². The van der Waals surface area contributed by atoms with Gasteiger partial charge >= 0.3 is 0 Å². The summed E-state index contributed by atoms with van der Waals surface area (Å²) in [5.41, 5.74) is 8.99. The number of halogens is 1. The molecule has 5 nitrogen and oxygen atoms in total. The van der Waals surface area contributed by atoms with Gasteiger partial charge in [-0.15, -0.1) is 0 Å². The second-order valence-corrected chi connectivity index (χ2v) is 5.91. The molecule has 0 fully saturated rings. The molecule has 0 radical (unpaired) electrons. The van der Waals surface area contributed by atoms with E-state index in [9.17, 15) is 5.11 Å². The van der Waals surface area contributed by atoms with Gasteiger partial charge in [-0.2, -0.15) is 0 Å². The van der Waals surface area contributed by atoms with Crippen LogP contribution in [0, 0.1) is 0 Å². The minimum Gasteiger partial charge on any atom is -0.504 e. The Hall–Kier alpha value is -2.79. The number of aromatic hydroxyl groups is 1. The first-order valence-electron chi connectivity index (χ1n) is 7.84. The fourth-order valence-electron chi connectivity index (χ4n) is 2.40. The van der Waals surface area contributed by atoms with Crippen molar-refractivity contribution >= 4 is 17.3 Å². The van der Waals surface area contributed by atoms with Crippen LogP contribution in [0.4, 0.5) is 0 Å². The molecule has 2 aromatic carbocycles. The molecule has 1 heterocycles. The molecule has 2 aromatic rings. The van der Waals surface area contributed by atoms with Crippen molar-refractivity contribution in [1.82, 2.24) is 10.9 Å². The van der Waals surface area contributed by atoms with Crippen molar-refractivity contribution in [2.45, 2.75) is 6.42 Å². The maximum Gasteiger partial charge on any atom is 0.205 e. The summed E-state index contributed by atoms with van der Waals surface area (Å²) in [5.74, 6) is 1.18. The van der Waals surface area contributed by atoms with E-state index in [2.05, 4.69) is 10.9 Å². The molecule has 1 aliphatic heterocycles. The molecule has 0 amide bonds. The number of methoxy groups -OCH3 is 1. The third kappa shape index (κ3) is 4.39. The van der Waals surface area contributed by atoms with Gasteiger partial charge in [-0.05, 0) is 42.0 Å². The standard InChI is InChI=1S/C19H19ClN2O3/c1-24-18-12-14(4-8-17(18)23)16-7-9-19(22-21-16)25-11-10-13-2-5-15(20)6-3-13/h2-9,12,21-23H,10-11H2,1H3. The van der Waals surface area contributed by atoms with E-state index in [0.29, 0.717) is 18.2 Å². The van der Waals surface area contributed by atoms with Crippen LogP contribution in [0.3, 0.4) is 0 Å². The lowest BCUT2D eigenvalue weighted by atomic mass is 10.1. The van der Waals surface area contributed by atoms with Gasteiger partial charge in [0.15, 0.2) is 11.5 Å². The molecule has 0 atom stereocenters. The minimum absolute atomic E-state index is 0.109. The molecule has 0 saturated heterocycles. The number of phenols is 1. The van der Waals surface area contributed by atoms with Crippen LogP contribution in [0.25, 0.3) is 5.70 Å². The third-order valence-electron chi connectivity index (χ3n) is 3.77. The molecule has 0 aromatic heterocycles. The number of ether oxygens (including phenoxy) is 2. The van der Waals surface area contributed by atoms with Crippen LogP contribution in [0.5, 0.6) is 11.5 Å². The molecular formula is C19H19ClN2O3. The molecule has 0 bridgehead atoms. The number of phenolic OH excluding ortho intramolecular Hbond substituents is 1. The van der Waals surface area contributed by atoms with Crippen molar-refractivity contribution in [3.8, 4) is 11.5 Å². The smallest absolute Gasteiger partial charge is 0.205 e. The van der Waals surface area contributed by atoms with Gasteiger partial charge in [-0.25, -0.2) is 0 Å². The van der Waals surface area contributed by atoms with Gasteiger partial charge in [0.2, 0.25) is 5.88 Å². The minimum atomic E-state index is 0.109. The molecule has 0 unspecified atom stereocenters. The van der Waals surface area contributed by atoms with Crippen molar-refractivity contribution in [2.24, 2.45) is 0 Å². The van der Waals surface area contributed by atoms with E-state index in [1.54, 1.807) is 18.2 Å². The van der Waals surface area contributed by atoms with E-state index < -0.39 is 0 Å². The fraction of sp³-hybridized carbons (Fsp3) is 0.158. The lowest BCUT2D eigenvalue weighted by Crippen LogP contribution is -2.33. The van der Waals surface area contributed by atoms with E-state index in [-0.39, 0.29) is 5.75 Å². The van der Waals surface area contributed by atoms with Crippen LogP contribution in [-0.2, 0) is 11.2 Å². The summed E-state index contributed by atoms with van der Waals surface area (Å²) in [6, 6.07) is 12.9. The molecule has 130 valence electrons. The number of benzene rings is 2. The molecule has 25 heavy (non-hydrogen) atoms. The van der Waals surface area contributed by atoms with Crippen molar-refractivity contribution in [3.05, 3.63) is 76.6 Å². The van der Waals surface area contributed by atoms with Crippen molar-refractivity contribution in [1.29, 1.82) is 0 Å². The maximum absolute atomic E-state index is 9.66. The molecule has 3 rings (SSSR count). The van der Waals surface area contributed by atoms with Gasteiger partial charge in [-0.1, -0.05) is 23.7 Å². The Balaban J connectivity index is 1.58. The highest BCUT2D eigenvalue weighted by molar-refractivity contribution is 6.30. The summed E-state index contributed by atoms with van der Waals surface area (Å²) in [5, 5.41) is 10.4. The van der Waals surface area contributed by atoms with Gasteiger partial charge in [0, 0.05) is 23.1 Å². The van der Waals surface area contributed by atoms with E-state index in [1.165, 1.54) is 12.7 Å². The second-order valence-electron chi connectivity index (χ2n) is 5.47. The number of hydrogen-bond acceptors (Lipinski definition) is 5. The van der Waals surface area contributed by atoms with Crippen molar-refractivity contribution in [3.63, 3.8) is 0 Å². The Morgan fingerprint density at radius 1 is 1.04 bits per heavy atom. The van der Waals surface area contributed by atoms with Gasteiger partial charge in [0.05, 0.1) is 19.4 Å². The van der Waals surface area contributed by atoms with Gasteiger partial charge in [0.1, 0.15) is 0 Å². The Labute approximate surface area is 151 Å². The highest BCUT2D eigenvalue weighted by Crippen LogP contribution is 2.29.